The first kappa shape index (κ1) is 15.3. The smallest absolute Gasteiger partial charge is 0.289 e. The summed E-state index contributed by atoms with van der Waals surface area (Å²) in [6, 6.07) is 3.46. The minimum atomic E-state index is -0.109. The Labute approximate surface area is 130 Å². The van der Waals surface area contributed by atoms with E-state index in [9.17, 15) is 4.79 Å². The summed E-state index contributed by atoms with van der Waals surface area (Å²) in [6.07, 6.45) is 6.35. The predicted molar refractivity (Wildman–Crippen MR) is 81.7 cm³/mol. The lowest BCUT2D eigenvalue weighted by Gasteiger charge is -2.50. The summed E-state index contributed by atoms with van der Waals surface area (Å²) >= 11 is 0. The topological polar surface area (TPSA) is 51.9 Å². The molecule has 3 heterocycles. The van der Waals surface area contributed by atoms with Gasteiger partial charge in [-0.3, -0.25) is 4.79 Å². The van der Waals surface area contributed by atoms with Crippen molar-refractivity contribution in [3.8, 4) is 0 Å². The molecule has 0 bridgehead atoms. The average molecular weight is 305 g/mol. The summed E-state index contributed by atoms with van der Waals surface area (Å²) in [6.45, 7) is 6.99. The van der Waals surface area contributed by atoms with E-state index in [1.807, 2.05) is 4.90 Å². The summed E-state index contributed by atoms with van der Waals surface area (Å²) in [7, 11) is 0. The Hall–Kier alpha value is -1.59. The number of hydrogen-bond acceptors (Lipinski definition) is 4. The van der Waals surface area contributed by atoms with E-state index in [4.69, 9.17) is 13.9 Å². The maximum atomic E-state index is 12.5. The molecule has 0 radical (unpaired) electrons. The normalized spacial score (nSPS) is 28.2. The van der Waals surface area contributed by atoms with E-state index >= 15 is 0 Å². The van der Waals surface area contributed by atoms with E-state index in [0.717, 1.165) is 25.9 Å². The van der Waals surface area contributed by atoms with Gasteiger partial charge >= 0.3 is 0 Å². The highest BCUT2D eigenvalue weighted by molar-refractivity contribution is 5.91. The summed E-state index contributed by atoms with van der Waals surface area (Å²) < 4.78 is 17.0. The van der Waals surface area contributed by atoms with Crippen molar-refractivity contribution >= 4 is 5.91 Å². The van der Waals surface area contributed by atoms with Crippen molar-refractivity contribution in [2.24, 2.45) is 5.41 Å². The zero-order chi connectivity index (χ0) is 15.4. The van der Waals surface area contributed by atoms with Crippen LogP contribution in [0.5, 0.6) is 0 Å². The molecule has 0 aliphatic carbocycles. The van der Waals surface area contributed by atoms with Gasteiger partial charge < -0.3 is 18.8 Å². The molecule has 0 unspecified atom stereocenters. The van der Waals surface area contributed by atoms with Crippen molar-refractivity contribution < 1.29 is 18.7 Å². The quantitative estimate of drug-likeness (QED) is 0.619. The number of carbonyl (C=O) groups excluding carboxylic acids is 1. The van der Waals surface area contributed by atoms with Crippen molar-refractivity contribution in [1.82, 2.24) is 4.90 Å². The number of likely N-dealkylation sites (tertiary alicyclic amines) is 1. The summed E-state index contributed by atoms with van der Waals surface area (Å²) in [5.74, 6) is 0.356. The molecule has 2 saturated heterocycles. The van der Waals surface area contributed by atoms with Gasteiger partial charge in [-0.1, -0.05) is 6.08 Å². The van der Waals surface area contributed by atoms with Crippen LogP contribution in [0, 0.1) is 5.41 Å². The van der Waals surface area contributed by atoms with Crippen molar-refractivity contribution in [3.63, 3.8) is 0 Å². The molecule has 1 amide bonds. The first-order valence-electron chi connectivity index (χ1n) is 7.88. The third kappa shape index (κ3) is 2.96. The van der Waals surface area contributed by atoms with Gasteiger partial charge in [0.05, 0.1) is 25.6 Å². The predicted octanol–water partition coefficient (Wildman–Crippen LogP) is 2.49. The molecular formula is C17H23NO4. The van der Waals surface area contributed by atoms with E-state index in [1.165, 1.54) is 6.26 Å². The van der Waals surface area contributed by atoms with E-state index < -0.39 is 0 Å². The van der Waals surface area contributed by atoms with Crippen molar-refractivity contribution in [2.75, 3.05) is 32.9 Å². The molecule has 1 aromatic rings. The van der Waals surface area contributed by atoms with Gasteiger partial charge in [0.25, 0.3) is 5.91 Å². The third-order valence-electron chi connectivity index (χ3n) is 4.63. The highest BCUT2D eigenvalue weighted by Crippen LogP contribution is 2.40. The summed E-state index contributed by atoms with van der Waals surface area (Å²) in [5.41, 5.74) is -0.109. The van der Waals surface area contributed by atoms with Crippen molar-refractivity contribution in [2.45, 2.75) is 25.4 Å². The van der Waals surface area contributed by atoms with E-state index in [0.29, 0.717) is 32.1 Å². The number of hydrogen-bond donors (Lipinski definition) is 0. The standard InChI is InChI=1S/C17H23NO4/c1-2-9-20-13-17-7-4-11-22-15(17)6-8-18(12-17)16(19)14-5-3-10-21-14/h2-3,5,10,15H,1,4,6-9,11-13H2/t15-,17+/m1/s1. The molecule has 0 aromatic carbocycles. The Morgan fingerprint density at radius 1 is 1.59 bits per heavy atom. The maximum Gasteiger partial charge on any atom is 0.289 e. The van der Waals surface area contributed by atoms with Gasteiger partial charge in [0.1, 0.15) is 0 Å². The number of nitrogens with zero attached hydrogens (tertiary/aromatic N) is 1. The van der Waals surface area contributed by atoms with Crippen LogP contribution in [0.3, 0.4) is 0 Å². The number of piperidine rings is 1. The zero-order valence-corrected chi connectivity index (χ0v) is 12.8. The second-order valence-electron chi connectivity index (χ2n) is 6.12. The van der Waals surface area contributed by atoms with Crippen LogP contribution in [0.2, 0.25) is 0 Å². The molecule has 120 valence electrons. The van der Waals surface area contributed by atoms with Crippen LogP contribution in [0.4, 0.5) is 0 Å². The van der Waals surface area contributed by atoms with Crippen LogP contribution in [-0.2, 0) is 9.47 Å². The number of fused-ring (bicyclic) bond motifs is 1. The molecular weight excluding hydrogens is 282 g/mol. The van der Waals surface area contributed by atoms with Gasteiger partial charge in [-0.05, 0) is 31.4 Å². The van der Waals surface area contributed by atoms with E-state index in [-0.39, 0.29) is 17.4 Å². The largest absolute Gasteiger partial charge is 0.459 e. The molecule has 3 rings (SSSR count). The molecule has 2 aliphatic rings. The van der Waals surface area contributed by atoms with Gasteiger partial charge in [-0.2, -0.15) is 0 Å². The van der Waals surface area contributed by atoms with Crippen LogP contribution in [-0.4, -0.2) is 49.8 Å². The van der Waals surface area contributed by atoms with Gasteiger partial charge in [0, 0.05) is 25.1 Å². The lowest BCUT2D eigenvalue weighted by Crippen LogP contribution is -2.58. The van der Waals surface area contributed by atoms with Crippen molar-refractivity contribution in [1.29, 1.82) is 0 Å². The Kier molecular flexibility index (Phi) is 4.64. The minimum absolute atomic E-state index is 0.0443. The number of rotatable bonds is 5. The van der Waals surface area contributed by atoms with Crippen LogP contribution >= 0.6 is 0 Å². The monoisotopic (exact) mass is 305 g/mol. The maximum absolute atomic E-state index is 12.5. The van der Waals surface area contributed by atoms with Gasteiger partial charge in [0.2, 0.25) is 0 Å². The number of furan rings is 1. The molecule has 2 fully saturated rings. The van der Waals surface area contributed by atoms with Crippen LogP contribution < -0.4 is 0 Å². The Morgan fingerprint density at radius 3 is 3.27 bits per heavy atom. The fraction of sp³-hybridized carbons (Fsp3) is 0.588. The second-order valence-corrected chi connectivity index (χ2v) is 6.12. The first-order valence-corrected chi connectivity index (χ1v) is 7.88. The van der Waals surface area contributed by atoms with E-state index in [1.54, 1.807) is 18.2 Å². The molecule has 2 atom stereocenters. The second kappa shape index (κ2) is 6.67. The van der Waals surface area contributed by atoms with E-state index in [2.05, 4.69) is 6.58 Å². The zero-order valence-electron chi connectivity index (χ0n) is 12.8. The van der Waals surface area contributed by atoms with Crippen LogP contribution in [0.25, 0.3) is 0 Å². The lowest BCUT2D eigenvalue weighted by molar-refractivity contribution is -0.145. The van der Waals surface area contributed by atoms with Gasteiger partial charge in [0.15, 0.2) is 5.76 Å². The molecule has 0 saturated carbocycles. The molecule has 22 heavy (non-hydrogen) atoms. The lowest BCUT2D eigenvalue weighted by atomic mass is 9.73. The fourth-order valence-corrected chi connectivity index (χ4v) is 3.58. The SMILES string of the molecule is C=CCOC[C@@]12CCCO[C@@H]1CCN(C(=O)c1ccco1)C2. The summed E-state index contributed by atoms with van der Waals surface area (Å²) in [5, 5.41) is 0. The van der Waals surface area contributed by atoms with Crippen LogP contribution in [0.1, 0.15) is 29.8 Å². The Morgan fingerprint density at radius 2 is 2.50 bits per heavy atom. The number of ether oxygens (including phenoxy) is 2. The minimum Gasteiger partial charge on any atom is -0.459 e. The van der Waals surface area contributed by atoms with Gasteiger partial charge in [-0.15, -0.1) is 6.58 Å². The molecule has 1 aromatic heterocycles. The summed E-state index contributed by atoms with van der Waals surface area (Å²) in [4.78, 5) is 14.4. The fourth-order valence-electron chi connectivity index (χ4n) is 3.58. The third-order valence-corrected chi connectivity index (χ3v) is 4.63. The number of amides is 1. The Balaban J connectivity index is 1.74. The highest BCUT2D eigenvalue weighted by Gasteiger charge is 2.47. The highest BCUT2D eigenvalue weighted by atomic mass is 16.5. The molecule has 2 aliphatic heterocycles. The average Bonchev–Trinajstić information content (AvgIpc) is 3.08. The first-order chi connectivity index (χ1) is 10.7. The molecule has 0 N–H and O–H groups in total. The van der Waals surface area contributed by atoms with Crippen LogP contribution in [0.15, 0.2) is 35.5 Å². The van der Waals surface area contributed by atoms with Gasteiger partial charge in [-0.25, -0.2) is 0 Å². The number of carbonyl (C=O) groups is 1. The Bertz CT molecular complexity index is 513. The molecule has 0 spiro atoms. The molecule has 5 nitrogen and oxygen atoms in total. The van der Waals surface area contributed by atoms with Crippen molar-refractivity contribution in [3.05, 3.63) is 36.8 Å². The molecule has 5 heteroatoms.